The summed E-state index contributed by atoms with van der Waals surface area (Å²) < 4.78 is 0. The van der Waals surface area contributed by atoms with Crippen molar-refractivity contribution in [1.29, 1.82) is 0 Å². The predicted molar refractivity (Wildman–Crippen MR) is 44.7 cm³/mol. The van der Waals surface area contributed by atoms with Gasteiger partial charge in [0, 0.05) is 13.5 Å². The molecular weight excluding hydrogens is 158 g/mol. The lowest BCUT2D eigenvalue weighted by Gasteiger charge is -2.20. The van der Waals surface area contributed by atoms with Gasteiger partial charge in [0.15, 0.2) is 0 Å². The Balaban J connectivity index is 4.17. The highest BCUT2D eigenvalue weighted by atomic mass is 16.4. The molecule has 68 valence electrons. The number of carboxylic acids is 1. The van der Waals surface area contributed by atoms with Gasteiger partial charge in [-0.25, -0.2) is 4.79 Å². The van der Waals surface area contributed by atoms with E-state index in [1.807, 2.05) is 0 Å². The van der Waals surface area contributed by atoms with Gasteiger partial charge in [-0.05, 0) is 6.92 Å². The van der Waals surface area contributed by atoms with E-state index in [1.165, 1.54) is 24.9 Å². The third-order valence-corrected chi connectivity index (χ3v) is 1.65. The second-order valence-corrected chi connectivity index (χ2v) is 2.51. The zero-order valence-electron chi connectivity index (χ0n) is 7.28. The summed E-state index contributed by atoms with van der Waals surface area (Å²) in [4.78, 5) is 22.7. The van der Waals surface area contributed by atoms with Crippen molar-refractivity contribution in [1.82, 2.24) is 4.90 Å². The zero-order chi connectivity index (χ0) is 9.72. The van der Waals surface area contributed by atoms with Crippen molar-refractivity contribution in [3.8, 4) is 0 Å². The molecule has 1 atom stereocenters. The van der Waals surface area contributed by atoms with Crippen LogP contribution >= 0.6 is 0 Å². The van der Waals surface area contributed by atoms with Crippen LogP contribution in [-0.2, 0) is 9.59 Å². The van der Waals surface area contributed by atoms with E-state index in [0.717, 1.165) is 0 Å². The van der Waals surface area contributed by atoms with Gasteiger partial charge in [0.25, 0.3) is 0 Å². The minimum Gasteiger partial charge on any atom is -0.480 e. The van der Waals surface area contributed by atoms with Crippen LogP contribution in [0.1, 0.15) is 13.3 Å². The molecule has 1 amide bonds. The number of likely N-dealkylation sites (N-methyl/N-ethyl adjacent to an activating group) is 1. The fourth-order valence-electron chi connectivity index (χ4n) is 0.649. The molecule has 0 aliphatic heterocycles. The van der Waals surface area contributed by atoms with Crippen LogP contribution in [0.2, 0.25) is 0 Å². The van der Waals surface area contributed by atoms with Gasteiger partial charge in [0.05, 0.1) is 0 Å². The van der Waals surface area contributed by atoms with Crippen molar-refractivity contribution >= 4 is 11.9 Å². The summed E-state index contributed by atoms with van der Waals surface area (Å²) in [6, 6.07) is -0.780. The largest absolute Gasteiger partial charge is 0.480 e. The Bertz CT molecular complexity index is 200. The molecule has 1 unspecified atom stereocenters. The molecule has 0 rings (SSSR count). The van der Waals surface area contributed by atoms with E-state index in [-0.39, 0.29) is 12.3 Å². The summed E-state index contributed by atoms with van der Waals surface area (Å²) in [6.07, 6.45) is 1.63. The molecule has 0 aromatic carbocycles. The molecule has 0 bridgehead atoms. The maximum atomic E-state index is 11.1. The SMILES string of the molecule is C=CCC(=O)N(C)C(C)C(=O)O. The van der Waals surface area contributed by atoms with Gasteiger partial charge >= 0.3 is 5.97 Å². The van der Waals surface area contributed by atoms with E-state index in [4.69, 9.17) is 5.11 Å². The minimum atomic E-state index is -1.00. The predicted octanol–water partition coefficient (Wildman–Crippen LogP) is 0.494. The Kier molecular flexibility index (Phi) is 4.04. The summed E-state index contributed by atoms with van der Waals surface area (Å²) in [5.74, 6) is -1.24. The van der Waals surface area contributed by atoms with Gasteiger partial charge in [0.1, 0.15) is 6.04 Å². The van der Waals surface area contributed by atoms with E-state index in [9.17, 15) is 9.59 Å². The fraction of sp³-hybridized carbons (Fsp3) is 0.500. The van der Waals surface area contributed by atoms with Crippen LogP contribution in [0.15, 0.2) is 12.7 Å². The minimum absolute atomic E-state index is 0.175. The maximum Gasteiger partial charge on any atom is 0.326 e. The molecule has 12 heavy (non-hydrogen) atoms. The summed E-state index contributed by atoms with van der Waals surface area (Å²) in [7, 11) is 1.46. The first-order chi connectivity index (χ1) is 5.50. The molecule has 0 aliphatic carbocycles. The van der Waals surface area contributed by atoms with Gasteiger partial charge in [-0.1, -0.05) is 6.08 Å². The summed E-state index contributed by atoms with van der Waals surface area (Å²) in [5.41, 5.74) is 0. The van der Waals surface area contributed by atoms with Gasteiger partial charge in [-0.2, -0.15) is 0 Å². The Morgan fingerprint density at radius 1 is 1.67 bits per heavy atom. The molecule has 4 heteroatoms. The van der Waals surface area contributed by atoms with Crippen molar-refractivity contribution in [2.75, 3.05) is 7.05 Å². The zero-order valence-corrected chi connectivity index (χ0v) is 7.28. The molecule has 0 aromatic heterocycles. The highest BCUT2D eigenvalue weighted by Crippen LogP contribution is 1.99. The van der Waals surface area contributed by atoms with Crippen molar-refractivity contribution in [3.63, 3.8) is 0 Å². The van der Waals surface area contributed by atoms with Crippen LogP contribution in [0, 0.1) is 0 Å². The lowest BCUT2D eigenvalue weighted by atomic mass is 10.2. The Morgan fingerprint density at radius 3 is 2.50 bits per heavy atom. The topological polar surface area (TPSA) is 57.6 Å². The van der Waals surface area contributed by atoms with Crippen LogP contribution in [0.3, 0.4) is 0 Å². The van der Waals surface area contributed by atoms with Gasteiger partial charge < -0.3 is 10.0 Å². The molecule has 0 spiro atoms. The molecule has 0 heterocycles. The number of hydrogen-bond donors (Lipinski definition) is 1. The second-order valence-electron chi connectivity index (χ2n) is 2.51. The van der Waals surface area contributed by atoms with E-state index in [0.29, 0.717) is 0 Å². The molecule has 0 radical (unpaired) electrons. The second kappa shape index (κ2) is 4.54. The van der Waals surface area contributed by atoms with Crippen molar-refractivity contribution in [3.05, 3.63) is 12.7 Å². The highest BCUT2D eigenvalue weighted by molar-refractivity contribution is 5.83. The van der Waals surface area contributed by atoms with Crippen molar-refractivity contribution in [2.24, 2.45) is 0 Å². The molecule has 0 fully saturated rings. The number of carboxylic acid groups (broad SMARTS) is 1. The monoisotopic (exact) mass is 171 g/mol. The van der Waals surface area contributed by atoms with E-state index in [2.05, 4.69) is 6.58 Å². The number of nitrogens with zero attached hydrogens (tertiary/aromatic N) is 1. The number of amides is 1. The molecule has 0 aromatic rings. The Morgan fingerprint density at radius 2 is 2.17 bits per heavy atom. The number of rotatable bonds is 4. The van der Waals surface area contributed by atoms with Crippen LogP contribution < -0.4 is 0 Å². The fourth-order valence-corrected chi connectivity index (χ4v) is 0.649. The first kappa shape index (κ1) is 10.7. The average molecular weight is 171 g/mol. The molecule has 4 nitrogen and oxygen atoms in total. The molecular formula is C8H13NO3. The van der Waals surface area contributed by atoms with E-state index >= 15 is 0 Å². The average Bonchev–Trinajstić information content (AvgIpc) is 2.02. The third-order valence-electron chi connectivity index (χ3n) is 1.65. The van der Waals surface area contributed by atoms with Gasteiger partial charge in [-0.3, -0.25) is 4.79 Å². The number of aliphatic carboxylic acids is 1. The molecule has 0 saturated heterocycles. The number of hydrogen-bond acceptors (Lipinski definition) is 2. The van der Waals surface area contributed by atoms with Gasteiger partial charge in [-0.15, -0.1) is 6.58 Å². The first-order valence-electron chi connectivity index (χ1n) is 3.60. The number of carbonyl (C=O) groups is 2. The lowest BCUT2D eigenvalue weighted by molar-refractivity contribution is -0.147. The highest BCUT2D eigenvalue weighted by Gasteiger charge is 2.19. The Hall–Kier alpha value is -1.32. The van der Waals surface area contributed by atoms with Crippen LogP contribution in [0.4, 0.5) is 0 Å². The lowest BCUT2D eigenvalue weighted by Crippen LogP contribution is -2.39. The van der Waals surface area contributed by atoms with E-state index < -0.39 is 12.0 Å². The van der Waals surface area contributed by atoms with E-state index in [1.54, 1.807) is 0 Å². The first-order valence-corrected chi connectivity index (χ1v) is 3.60. The molecule has 0 aliphatic rings. The maximum absolute atomic E-state index is 11.1. The van der Waals surface area contributed by atoms with Crippen LogP contribution in [0.5, 0.6) is 0 Å². The van der Waals surface area contributed by atoms with Gasteiger partial charge in [0.2, 0.25) is 5.91 Å². The summed E-state index contributed by atoms with van der Waals surface area (Å²) in [5, 5.41) is 8.55. The summed E-state index contributed by atoms with van der Waals surface area (Å²) in [6.45, 7) is 4.85. The standard InChI is InChI=1S/C8H13NO3/c1-4-5-7(10)9(3)6(2)8(11)12/h4,6H,1,5H2,2-3H3,(H,11,12). The smallest absolute Gasteiger partial charge is 0.326 e. The third kappa shape index (κ3) is 2.74. The Labute approximate surface area is 71.5 Å². The van der Waals surface area contributed by atoms with Crippen molar-refractivity contribution < 1.29 is 14.7 Å². The summed E-state index contributed by atoms with van der Waals surface area (Å²) >= 11 is 0. The quantitative estimate of drug-likeness (QED) is 0.626. The molecule has 1 N–H and O–H groups in total. The molecule has 0 saturated carbocycles. The number of carbonyl (C=O) groups excluding carboxylic acids is 1. The normalized spacial score (nSPS) is 11.8. The van der Waals surface area contributed by atoms with Crippen LogP contribution in [0.25, 0.3) is 0 Å². The van der Waals surface area contributed by atoms with Crippen LogP contribution in [-0.4, -0.2) is 35.0 Å². The van der Waals surface area contributed by atoms with Crippen molar-refractivity contribution in [2.45, 2.75) is 19.4 Å².